The molecular formula is C22H26N2O2. The van der Waals surface area contributed by atoms with E-state index in [9.17, 15) is 4.79 Å². The first-order chi connectivity index (χ1) is 12.7. The second-order valence-electron chi connectivity index (χ2n) is 7.47. The molecule has 1 aliphatic carbocycles. The van der Waals surface area contributed by atoms with Gasteiger partial charge in [-0.3, -0.25) is 0 Å². The standard InChI is InChI=1S/C22H26N2O2/c1-26-21-10-6-5-9-17(21)13-23-22(25)24-14-19-11-18(12-20(19)15-24)16-7-3-2-4-8-16/h2-10,18-20H,11-15H2,1H3,(H,23,25)/t18?,19-,20?/m0/s1. The van der Waals surface area contributed by atoms with E-state index in [4.69, 9.17) is 4.74 Å². The topological polar surface area (TPSA) is 41.6 Å². The van der Waals surface area contributed by atoms with Crippen LogP contribution in [0.4, 0.5) is 4.79 Å². The van der Waals surface area contributed by atoms with Crippen molar-refractivity contribution in [1.29, 1.82) is 0 Å². The minimum Gasteiger partial charge on any atom is -0.496 e. The molecule has 26 heavy (non-hydrogen) atoms. The predicted molar refractivity (Wildman–Crippen MR) is 102 cm³/mol. The maximum atomic E-state index is 12.6. The lowest BCUT2D eigenvalue weighted by Crippen LogP contribution is -2.38. The molecule has 0 radical (unpaired) electrons. The van der Waals surface area contributed by atoms with Gasteiger partial charge in [-0.2, -0.15) is 0 Å². The number of rotatable bonds is 4. The van der Waals surface area contributed by atoms with E-state index in [1.165, 1.54) is 18.4 Å². The van der Waals surface area contributed by atoms with Gasteiger partial charge in [0, 0.05) is 25.2 Å². The van der Waals surface area contributed by atoms with E-state index >= 15 is 0 Å². The molecule has 2 unspecified atom stereocenters. The number of amides is 2. The lowest BCUT2D eigenvalue weighted by atomic mass is 9.96. The maximum absolute atomic E-state index is 12.6. The number of hydrogen-bond donors (Lipinski definition) is 1. The molecule has 1 aliphatic heterocycles. The summed E-state index contributed by atoms with van der Waals surface area (Å²) in [5.74, 6) is 2.75. The number of methoxy groups -OCH3 is 1. The third kappa shape index (κ3) is 3.41. The Bertz CT molecular complexity index is 748. The Balaban J connectivity index is 1.31. The minimum absolute atomic E-state index is 0.0431. The summed E-state index contributed by atoms with van der Waals surface area (Å²) in [6, 6.07) is 18.7. The lowest BCUT2D eigenvalue weighted by molar-refractivity contribution is 0.204. The Morgan fingerprint density at radius 2 is 1.69 bits per heavy atom. The molecule has 2 fully saturated rings. The fraction of sp³-hybridized carbons (Fsp3) is 0.409. The molecule has 1 saturated heterocycles. The van der Waals surface area contributed by atoms with Crippen molar-refractivity contribution in [3.05, 3.63) is 65.7 Å². The highest BCUT2D eigenvalue weighted by atomic mass is 16.5. The van der Waals surface area contributed by atoms with E-state index < -0.39 is 0 Å². The van der Waals surface area contributed by atoms with Crippen LogP contribution < -0.4 is 10.1 Å². The molecule has 0 bridgehead atoms. The van der Waals surface area contributed by atoms with Crippen LogP contribution in [-0.2, 0) is 6.54 Å². The summed E-state index contributed by atoms with van der Waals surface area (Å²) in [4.78, 5) is 14.6. The monoisotopic (exact) mass is 350 g/mol. The molecular weight excluding hydrogens is 324 g/mol. The van der Waals surface area contributed by atoms with Crippen molar-refractivity contribution in [2.24, 2.45) is 11.8 Å². The number of nitrogens with one attached hydrogen (secondary N) is 1. The molecule has 0 aromatic heterocycles. The van der Waals surface area contributed by atoms with E-state index in [-0.39, 0.29) is 6.03 Å². The van der Waals surface area contributed by atoms with Crippen LogP contribution in [0.25, 0.3) is 0 Å². The molecule has 4 rings (SSSR count). The lowest BCUT2D eigenvalue weighted by Gasteiger charge is -2.20. The number of likely N-dealkylation sites (tertiary alicyclic amines) is 1. The predicted octanol–water partition coefficient (Wildman–Crippen LogP) is 4.03. The fourth-order valence-electron chi connectivity index (χ4n) is 4.59. The smallest absolute Gasteiger partial charge is 0.317 e. The van der Waals surface area contributed by atoms with E-state index in [1.807, 2.05) is 29.2 Å². The van der Waals surface area contributed by atoms with Crippen molar-refractivity contribution in [3.8, 4) is 5.75 Å². The molecule has 2 amide bonds. The Kier molecular flexibility index (Phi) is 4.83. The molecule has 3 atom stereocenters. The van der Waals surface area contributed by atoms with Gasteiger partial charge in [0.1, 0.15) is 5.75 Å². The van der Waals surface area contributed by atoms with Crippen LogP contribution in [0.5, 0.6) is 5.75 Å². The molecule has 136 valence electrons. The summed E-state index contributed by atoms with van der Waals surface area (Å²) in [6.45, 7) is 2.26. The summed E-state index contributed by atoms with van der Waals surface area (Å²) in [5.41, 5.74) is 2.46. The number of carbonyl (C=O) groups is 1. The molecule has 4 nitrogen and oxygen atoms in total. The van der Waals surface area contributed by atoms with E-state index in [0.29, 0.717) is 24.3 Å². The SMILES string of the molecule is COc1ccccc1CNC(=O)N1CC2CC(c3ccccc3)C[C@H]2C1. The number of urea groups is 1. The second kappa shape index (κ2) is 7.40. The minimum atomic E-state index is 0.0431. The van der Waals surface area contributed by atoms with Gasteiger partial charge in [0.2, 0.25) is 0 Å². The van der Waals surface area contributed by atoms with Gasteiger partial charge in [-0.05, 0) is 42.2 Å². The number of benzene rings is 2. The first kappa shape index (κ1) is 17.0. The van der Waals surface area contributed by atoms with Crippen molar-refractivity contribution in [3.63, 3.8) is 0 Å². The highest BCUT2D eigenvalue weighted by molar-refractivity contribution is 5.74. The molecule has 1 N–H and O–H groups in total. The number of hydrogen-bond acceptors (Lipinski definition) is 2. The van der Waals surface area contributed by atoms with Gasteiger partial charge in [-0.1, -0.05) is 48.5 Å². The van der Waals surface area contributed by atoms with Gasteiger partial charge >= 0.3 is 6.03 Å². The van der Waals surface area contributed by atoms with Crippen LogP contribution in [0.15, 0.2) is 54.6 Å². The normalized spacial score (nSPS) is 24.3. The van der Waals surface area contributed by atoms with Gasteiger partial charge in [0.05, 0.1) is 7.11 Å². The first-order valence-electron chi connectivity index (χ1n) is 9.44. The largest absolute Gasteiger partial charge is 0.496 e. The number of fused-ring (bicyclic) bond motifs is 1. The highest BCUT2D eigenvalue weighted by Gasteiger charge is 2.42. The van der Waals surface area contributed by atoms with Crippen LogP contribution in [0.1, 0.15) is 29.9 Å². The zero-order valence-electron chi connectivity index (χ0n) is 15.2. The van der Waals surface area contributed by atoms with Gasteiger partial charge in [-0.25, -0.2) is 4.79 Å². The van der Waals surface area contributed by atoms with Crippen molar-refractivity contribution >= 4 is 6.03 Å². The molecule has 2 aromatic carbocycles. The number of carbonyl (C=O) groups excluding carboxylic acids is 1. The van der Waals surface area contributed by atoms with E-state index in [1.54, 1.807) is 7.11 Å². The summed E-state index contributed by atoms with van der Waals surface area (Å²) < 4.78 is 5.35. The summed E-state index contributed by atoms with van der Waals surface area (Å²) in [7, 11) is 1.66. The zero-order valence-corrected chi connectivity index (χ0v) is 15.2. The molecule has 1 saturated carbocycles. The van der Waals surface area contributed by atoms with Crippen molar-refractivity contribution in [2.75, 3.05) is 20.2 Å². The van der Waals surface area contributed by atoms with Crippen LogP contribution in [0, 0.1) is 11.8 Å². The van der Waals surface area contributed by atoms with E-state index in [0.717, 1.165) is 24.4 Å². The van der Waals surface area contributed by atoms with Crippen LogP contribution in [0.3, 0.4) is 0 Å². The third-order valence-electron chi connectivity index (χ3n) is 5.93. The molecule has 2 aromatic rings. The molecule has 2 aliphatic rings. The molecule has 4 heteroatoms. The Morgan fingerprint density at radius 3 is 2.38 bits per heavy atom. The van der Waals surface area contributed by atoms with Crippen LogP contribution in [0.2, 0.25) is 0 Å². The average molecular weight is 350 g/mol. The zero-order chi connectivity index (χ0) is 17.9. The van der Waals surface area contributed by atoms with Crippen molar-refractivity contribution in [1.82, 2.24) is 10.2 Å². The number of para-hydroxylation sites is 1. The summed E-state index contributed by atoms with van der Waals surface area (Å²) in [6.07, 6.45) is 2.40. The highest BCUT2D eigenvalue weighted by Crippen LogP contribution is 2.46. The Hall–Kier alpha value is -2.49. The van der Waals surface area contributed by atoms with Crippen LogP contribution >= 0.6 is 0 Å². The maximum Gasteiger partial charge on any atom is 0.317 e. The average Bonchev–Trinajstić information content (AvgIpc) is 3.26. The Labute approximate surface area is 155 Å². The quantitative estimate of drug-likeness (QED) is 0.904. The van der Waals surface area contributed by atoms with Gasteiger partial charge in [0.25, 0.3) is 0 Å². The number of ether oxygens (including phenoxy) is 1. The van der Waals surface area contributed by atoms with E-state index in [2.05, 4.69) is 35.6 Å². The molecule has 1 heterocycles. The van der Waals surface area contributed by atoms with Gasteiger partial charge in [-0.15, -0.1) is 0 Å². The fourth-order valence-corrected chi connectivity index (χ4v) is 4.59. The first-order valence-corrected chi connectivity index (χ1v) is 9.44. The van der Waals surface area contributed by atoms with Gasteiger partial charge < -0.3 is 15.0 Å². The van der Waals surface area contributed by atoms with Crippen molar-refractivity contribution < 1.29 is 9.53 Å². The van der Waals surface area contributed by atoms with Gasteiger partial charge in [0.15, 0.2) is 0 Å². The van der Waals surface area contributed by atoms with Crippen molar-refractivity contribution in [2.45, 2.75) is 25.3 Å². The Morgan fingerprint density at radius 1 is 1.04 bits per heavy atom. The second-order valence-corrected chi connectivity index (χ2v) is 7.47. The molecule has 0 spiro atoms. The summed E-state index contributed by atoms with van der Waals surface area (Å²) >= 11 is 0. The third-order valence-corrected chi connectivity index (χ3v) is 5.93. The van der Waals surface area contributed by atoms with Crippen LogP contribution in [-0.4, -0.2) is 31.1 Å². The summed E-state index contributed by atoms with van der Waals surface area (Å²) in [5, 5.41) is 3.05. The number of nitrogens with zero attached hydrogens (tertiary/aromatic N) is 1.